The third-order valence-electron chi connectivity index (χ3n) is 4.43. The SMILES string of the molecule is O=C(O)CCC(Cc1ccc(-c2ccccc2)cc1)NC(=O)c1cc(=O)[nH][nH]1. The van der Waals surface area contributed by atoms with E-state index in [9.17, 15) is 14.4 Å². The number of benzene rings is 2. The van der Waals surface area contributed by atoms with Gasteiger partial charge < -0.3 is 10.4 Å². The lowest BCUT2D eigenvalue weighted by atomic mass is 9.98. The van der Waals surface area contributed by atoms with Gasteiger partial charge in [0.25, 0.3) is 11.5 Å². The highest BCUT2D eigenvalue weighted by atomic mass is 16.4. The smallest absolute Gasteiger partial charge is 0.303 e. The van der Waals surface area contributed by atoms with E-state index in [1.807, 2.05) is 54.6 Å². The minimum absolute atomic E-state index is 0.0588. The highest BCUT2D eigenvalue weighted by molar-refractivity contribution is 5.92. The summed E-state index contributed by atoms with van der Waals surface area (Å²) in [4.78, 5) is 34.4. The molecule has 0 aliphatic carbocycles. The Balaban J connectivity index is 1.70. The number of rotatable bonds is 8. The Labute approximate surface area is 161 Å². The zero-order valence-electron chi connectivity index (χ0n) is 15.1. The third-order valence-corrected chi connectivity index (χ3v) is 4.43. The first kappa shape index (κ1) is 19.2. The number of aliphatic carboxylic acids is 1. The number of carboxylic acid groups (broad SMARTS) is 1. The lowest BCUT2D eigenvalue weighted by molar-refractivity contribution is -0.137. The molecule has 28 heavy (non-hydrogen) atoms. The highest BCUT2D eigenvalue weighted by Crippen LogP contribution is 2.20. The van der Waals surface area contributed by atoms with Crippen molar-refractivity contribution < 1.29 is 14.7 Å². The molecule has 0 spiro atoms. The molecule has 0 radical (unpaired) electrons. The minimum atomic E-state index is -0.922. The summed E-state index contributed by atoms with van der Waals surface area (Å²) in [5.74, 6) is -1.37. The van der Waals surface area contributed by atoms with Crippen molar-refractivity contribution in [1.82, 2.24) is 15.5 Å². The van der Waals surface area contributed by atoms with Gasteiger partial charge in [-0.3, -0.25) is 24.6 Å². The van der Waals surface area contributed by atoms with Gasteiger partial charge in [-0.15, -0.1) is 0 Å². The topological polar surface area (TPSA) is 115 Å². The molecule has 0 saturated carbocycles. The van der Waals surface area contributed by atoms with E-state index < -0.39 is 17.4 Å². The van der Waals surface area contributed by atoms with Crippen molar-refractivity contribution in [3.63, 3.8) is 0 Å². The lowest BCUT2D eigenvalue weighted by Gasteiger charge is -2.18. The van der Waals surface area contributed by atoms with Crippen molar-refractivity contribution in [2.75, 3.05) is 0 Å². The second-order valence-corrected chi connectivity index (χ2v) is 6.54. The first-order valence-corrected chi connectivity index (χ1v) is 8.96. The van der Waals surface area contributed by atoms with Crippen molar-refractivity contribution in [1.29, 1.82) is 0 Å². The van der Waals surface area contributed by atoms with Crippen LogP contribution in [0.3, 0.4) is 0 Å². The number of hydrogen-bond acceptors (Lipinski definition) is 3. The Hall–Kier alpha value is -3.61. The number of hydrogen-bond donors (Lipinski definition) is 4. The van der Waals surface area contributed by atoms with E-state index in [1.165, 1.54) is 0 Å². The Morgan fingerprint density at radius 2 is 1.64 bits per heavy atom. The molecule has 0 fully saturated rings. The van der Waals surface area contributed by atoms with Crippen LogP contribution in [-0.2, 0) is 11.2 Å². The molecule has 3 rings (SSSR count). The zero-order valence-corrected chi connectivity index (χ0v) is 15.1. The fourth-order valence-electron chi connectivity index (χ4n) is 2.99. The normalized spacial score (nSPS) is 11.7. The van der Waals surface area contributed by atoms with Gasteiger partial charge in [0.05, 0.1) is 0 Å². The number of amides is 1. The molecule has 3 aromatic rings. The van der Waals surface area contributed by atoms with E-state index in [2.05, 4.69) is 15.5 Å². The predicted octanol–water partition coefficient (Wildman–Crippen LogP) is 2.58. The van der Waals surface area contributed by atoms with Crippen LogP contribution in [0.15, 0.2) is 65.5 Å². The van der Waals surface area contributed by atoms with E-state index in [1.54, 1.807) is 0 Å². The van der Waals surface area contributed by atoms with Gasteiger partial charge in [-0.25, -0.2) is 0 Å². The fraction of sp³-hybridized carbons (Fsp3) is 0.190. The molecule has 0 bridgehead atoms. The van der Waals surface area contributed by atoms with Gasteiger partial charge in [0.2, 0.25) is 0 Å². The first-order valence-electron chi connectivity index (χ1n) is 8.96. The van der Waals surface area contributed by atoms with Crippen LogP contribution in [0, 0.1) is 0 Å². The molecule has 1 unspecified atom stereocenters. The van der Waals surface area contributed by atoms with Gasteiger partial charge in [-0.1, -0.05) is 54.6 Å². The molecule has 1 amide bonds. The van der Waals surface area contributed by atoms with Crippen LogP contribution in [0.25, 0.3) is 11.1 Å². The molecule has 1 aromatic heterocycles. The second-order valence-electron chi connectivity index (χ2n) is 6.54. The monoisotopic (exact) mass is 379 g/mol. The van der Waals surface area contributed by atoms with Gasteiger partial charge in [0, 0.05) is 18.5 Å². The van der Waals surface area contributed by atoms with E-state index in [0.29, 0.717) is 6.42 Å². The van der Waals surface area contributed by atoms with Crippen LogP contribution >= 0.6 is 0 Å². The van der Waals surface area contributed by atoms with Crippen LogP contribution in [-0.4, -0.2) is 33.2 Å². The van der Waals surface area contributed by atoms with Crippen LogP contribution in [0.4, 0.5) is 0 Å². The molecule has 144 valence electrons. The summed E-state index contributed by atoms with van der Waals surface area (Å²) in [6, 6.07) is 18.7. The molecule has 1 heterocycles. The van der Waals surface area contributed by atoms with E-state index >= 15 is 0 Å². The molecule has 4 N–H and O–H groups in total. The summed E-state index contributed by atoms with van der Waals surface area (Å²) >= 11 is 0. The number of carbonyl (C=O) groups is 2. The molecule has 7 nitrogen and oxygen atoms in total. The Bertz CT molecular complexity index is 990. The minimum Gasteiger partial charge on any atom is -0.481 e. The summed E-state index contributed by atoms with van der Waals surface area (Å²) in [6.07, 6.45) is 0.718. The molecule has 0 aliphatic heterocycles. The Kier molecular flexibility index (Phi) is 6.06. The summed E-state index contributed by atoms with van der Waals surface area (Å²) in [6.45, 7) is 0. The van der Waals surface area contributed by atoms with Crippen molar-refractivity contribution in [3.8, 4) is 11.1 Å². The average Bonchev–Trinajstić information content (AvgIpc) is 3.14. The number of aromatic nitrogens is 2. The maximum atomic E-state index is 12.3. The van der Waals surface area contributed by atoms with E-state index in [4.69, 9.17) is 5.11 Å². The first-order chi connectivity index (χ1) is 13.5. The molecule has 2 aromatic carbocycles. The summed E-state index contributed by atoms with van der Waals surface area (Å²) < 4.78 is 0. The Morgan fingerprint density at radius 3 is 2.25 bits per heavy atom. The van der Waals surface area contributed by atoms with Gasteiger partial charge in [0.15, 0.2) is 0 Å². The van der Waals surface area contributed by atoms with Crippen molar-refractivity contribution >= 4 is 11.9 Å². The molecule has 7 heteroatoms. The van der Waals surface area contributed by atoms with Crippen LogP contribution in [0.2, 0.25) is 0 Å². The van der Waals surface area contributed by atoms with Gasteiger partial charge >= 0.3 is 5.97 Å². The summed E-state index contributed by atoms with van der Waals surface area (Å²) in [7, 11) is 0. The summed E-state index contributed by atoms with van der Waals surface area (Å²) in [5.41, 5.74) is 2.90. The largest absolute Gasteiger partial charge is 0.481 e. The fourth-order valence-corrected chi connectivity index (χ4v) is 2.99. The number of H-pyrrole nitrogens is 2. The molecule has 0 saturated heterocycles. The predicted molar refractivity (Wildman–Crippen MR) is 105 cm³/mol. The van der Waals surface area contributed by atoms with Gasteiger partial charge in [-0.05, 0) is 29.5 Å². The van der Waals surface area contributed by atoms with Crippen molar-refractivity contribution in [3.05, 3.63) is 82.3 Å². The molecular weight excluding hydrogens is 358 g/mol. The Morgan fingerprint density at radius 1 is 0.964 bits per heavy atom. The van der Waals surface area contributed by atoms with E-state index in [0.717, 1.165) is 22.8 Å². The average molecular weight is 379 g/mol. The number of carboxylic acids is 1. The van der Waals surface area contributed by atoms with Crippen molar-refractivity contribution in [2.24, 2.45) is 0 Å². The van der Waals surface area contributed by atoms with Crippen LogP contribution < -0.4 is 10.9 Å². The van der Waals surface area contributed by atoms with Crippen molar-refractivity contribution in [2.45, 2.75) is 25.3 Å². The van der Waals surface area contributed by atoms with Gasteiger partial charge in [0.1, 0.15) is 5.69 Å². The third kappa shape index (κ3) is 5.20. The molecule has 0 aliphatic rings. The number of nitrogens with one attached hydrogen (secondary N) is 3. The molecular formula is C21H21N3O4. The summed E-state index contributed by atoms with van der Waals surface area (Å²) in [5, 5.41) is 16.6. The highest BCUT2D eigenvalue weighted by Gasteiger charge is 2.17. The maximum absolute atomic E-state index is 12.3. The second kappa shape index (κ2) is 8.85. The van der Waals surface area contributed by atoms with Crippen LogP contribution in [0.1, 0.15) is 28.9 Å². The maximum Gasteiger partial charge on any atom is 0.303 e. The number of carbonyl (C=O) groups excluding carboxylic acids is 1. The van der Waals surface area contributed by atoms with E-state index in [-0.39, 0.29) is 24.6 Å². The molecule has 1 atom stereocenters. The quantitative estimate of drug-likeness (QED) is 0.481. The lowest BCUT2D eigenvalue weighted by Crippen LogP contribution is -2.37. The zero-order chi connectivity index (χ0) is 19.9. The van der Waals surface area contributed by atoms with Crippen LogP contribution in [0.5, 0.6) is 0 Å². The number of aromatic amines is 2. The standard InChI is InChI=1S/C21H21N3O4/c25-19-13-18(23-24-19)21(28)22-17(10-11-20(26)27)12-14-6-8-16(9-7-14)15-4-2-1-3-5-15/h1-9,13,17H,10-12H2,(H,22,28)(H,26,27)(H2,23,24,25). The van der Waals surface area contributed by atoms with Gasteiger partial charge in [-0.2, -0.15) is 0 Å².